The SMILES string of the molecule is C[C@]12CC[C@H](O)C[C@@H]1[C@@H](F)C[C@@H]1[C@@H]2[C@@H](O)C[C@]2(C)C(=O)CC[C@@H]12. The summed E-state index contributed by atoms with van der Waals surface area (Å²) in [5, 5.41) is 20.9. The summed E-state index contributed by atoms with van der Waals surface area (Å²) < 4.78 is 15.0. The molecular formula is C19H29FO3. The molecule has 23 heavy (non-hydrogen) atoms. The molecule has 0 aromatic carbocycles. The Bertz CT molecular complexity index is 523. The number of carbonyl (C=O) groups is 1. The average molecular weight is 324 g/mol. The highest BCUT2D eigenvalue weighted by molar-refractivity contribution is 5.87. The number of aliphatic hydroxyl groups is 2. The van der Waals surface area contributed by atoms with E-state index < -0.39 is 23.8 Å². The Morgan fingerprint density at radius 2 is 1.87 bits per heavy atom. The van der Waals surface area contributed by atoms with Crippen molar-refractivity contribution in [3.63, 3.8) is 0 Å². The second-order valence-corrected chi connectivity index (χ2v) is 9.24. The fraction of sp³-hybridized carbons (Fsp3) is 0.947. The molecule has 4 aliphatic rings. The molecule has 9 atom stereocenters. The highest BCUT2D eigenvalue weighted by Crippen LogP contribution is 2.65. The van der Waals surface area contributed by atoms with E-state index in [-0.39, 0.29) is 34.9 Å². The summed E-state index contributed by atoms with van der Waals surface area (Å²) in [5.74, 6) is 0.536. The zero-order valence-electron chi connectivity index (χ0n) is 14.2. The molecule has 0 saturated heterocycles. The lowest BCUT2D eigenvalue weighted by atomic mass is 9.44. The molecular weight excluding hydrogens is 295 g/mol. The van der Waals surface area contributed by atoms with Gasteiger partial charge in [0.25, 0.3) is 0 Å². The number of aliphatic hydroxyl groups excluding tert-OH is 2. The lowest BCUT2D eigenvalue weighted by Crippen LogP contribution is -2.61. The third-order valence-electron chi connectivity index (χ3n) is 8.25. The Balaban J connectivity index is 1.73. The molecule has 3 nitrogen and oxygen atoms in total. The second-order valence-electron chi connectivity index (χ2n) is 9.24. The van der Waals surface area contributed by atoms with Crippen LogP contribution in [0.5, 0.6) is 0 Å². The molecule has 0 amide bonds. The van der Waals surface area contributed by atoms with Gasteiger partial charge >= 0.3 is 0 Å². The maximum atomic E-state index is 15.0. The van der Waals surface area contributed by atoms with Crippen molar-refractivity contribution < 1.29 is 19.4 Å². The van der Waals surface area contributed by atoms with Gasteiger partial charge in [0, 0.05) is 11.8 Å². The molecule has 0 bridgehead atoms. The summed E-state index contributed by atoms with van der Waals surface area (Å²) in [6, 6.07) is 0. The Kier molecular flexibility index (Phi) is 3.49. The van der Waals surface area contributed by atoms with Crippen molar-refractivity contribution in [2.75, 3.05) is 0 Å². The van der Waals surface area contributed by atoms with Crippen LogP contribution in [0.1, 0.15) is 58.8 Å². The number of fused-ring (bicyclic) bond motifs is 5. The molecule has 0 aliphatic heterocycles. The van der Waals surface area contributed by atoms with Crippen LogP contribution < -0.4 is 0 Å². The van der Waals surface area contributed by atoms with Gasteiger partial charge in [-0.15, -0.1) is 0 Å². The van der Waals surface area contributed by atoms with Gasteiger partial charge in [0.15, 0.2) is 0 Å². The molecule has 4 aliphatic carbocycles. The second kappa shape index (κ2) is 5.01. The third kappa shape index (κ3) is 2.03. The number of alkyl halides is 1. The Morgan fingerprint density at radius 3 is 2.61 bits per heavy atom. The summed E-state index contributed by atoms with van der Waals surface area (Å²) >= 11 is 0. The number of carbonyl (C=O) groups excluding carboxylic acids is 1. The van der Waals surface area contributed by atoms with Gasteiger partial charge in [-0.25, -0.2) is 4.39 Å². The highest BCUT2D eigenvalue weighted by atomic mass is 19.1. The maximum absolute atomic E-state index is 15.0. The summed E-state index contributed by atoms with van der Waals surface area (Å²) in [5.41, 5.74) is -0.689. The largest absolute Gasteiger partial charge is 0.393 e. The molecule has 0 unspecified atom stereocenters. The molecule has 4 heteroatoms. The standard InChI is InChI=1S/C19H29FO3/c1-18-6-5-10(21)7-13(18)14(20)8-11-12-3-4-16(23)19(12,2)9-15(22)17(11)18/h10-15,17,21-22H,3-9H2,1-2H3/t10-,11-,12-,13+,14-,15-,17+,18-,19-/m0/s1. The number of ketones is 1. The highest BCUT2D eigenvalue weighted by Gasteiger charge is 2.65. The molecule has 2 N–H and O–H groups in total. The van der Waals surface area contributed by atoms with Gasteiger partial charge in [0.2, 0.25) is 0 Å². The van der Waals surface area contributed by atoms with E-state index in [1.165, 1.54) is 0 Å². The predicted octanol–water partition coefficient (Wildman–Crippen LogP) is 2.88. The number of hydrogen-bond acceptors (Lipinski definition) is 3. The van der Waals surface area contributed by atoms with Crippen LogP contribution in [0.4, 0.5) is 4.39 Å². The third-order valence-corrected chi connectivity index (χ3v) is 8.25. The van der Waals surface area contributed by atoms with Crippen LogP contribution in [0.25, 0.3) is 0 Å². The molecule has 4 rings (SSSR count). The lowest BCUT2D eigenvalue weighted by Gasteiger charge is -2.62. The van der Waals surface area contributed by atoms with Gasteiger partial charge in [-0.1, -0.05) is 13.8 Å². The van der Waals surface area contributed by atoms with Gasteiger partial charge in [0.05, 0.1) is 12.2 Å². The fourth-order valence-corrected chi connectivity index (χ4v) is 7.13. The van der Waals surface area contributed by atoms with Crippen molar-refractivity contribution in [1.29, 1.82) is 0 Å². The maximum Gasteiger partial charge on any atom is 0.139 e. The Hall–Kier alpha value is -0.480. The molecule has 0 aromatic rings. The topological polar surface area (TPSA) is 57.5 Å². The monoisotopic (exact) mass is 324 g/mol. The summed E-state index contributed by atoms with van der Waals surface area (Å²) in [6.07, 6.45) is 2.63. The first-order valence-corrected chi connectivity index (χ1v) is 9.31. The van der Waals surface area contributed by atoms with E-state index in [0.29, 0.717) is 32.1 Å². The average Bonchev–Trinajstić information content (AvgIpc) is 2.76. The number of Topliss-reactive ketones (excluding diaryl/α,β-unsaturated/α-hetero) is 1. The number of halogens is 1. The Morgan fingerprint density at radius 1 is 1.13 bits per heavy atom. The van der Waals surface area contributed by atoms with Crippen LogP contribution in [0, 0.1) is 34.5 Å². The van der Waals surface area contributed by atoms with Crippen LogP contribution in [-0.2, 0) is 4.79 Å². The first kappa shape index (κ1) is 16.0. The van der Waals surface area contributed by atoms with E-state index >= 15 is 4.39 Å². The molecule has 0 heterocycles. The molecule has 0 aromatic heterocycles. The van der Waals surface area contributed by atoms with Gasteiger partial charge in [0.1, 0.15) is 12.0 Å². The van der Waals surface area contributed by atoms with Crippen LogP contribution in [-0.4, -0.2) is 34.4 Å². The summed E-state index contributed by atoms with van der Waals surface area (Å²) in [7, 11) is 0. The van der Waals surface area contributed by atoms with Gasteiger partial charge in [-0.3, -0.25) is 4.79 Å². The van der Waals surface area contributed by atoms with Gasteiger partial charge in [-0.2, -0.15) is 0 Å². The van der Waals surface area contributed by atoms with Crippen molar-refractivity contribution in [1.82, 2.24) is 0 Å². The minimum atomic E-state index is -0.915. The quantitative estimate of drug-likeness (QED) is 0.720. The fourth-order valence-electron chi connectivity index (χ4n) is 7.13. The van der Waals surface area contributed by atoms with Crippen LogP contribution >= 0.6 is 0 Å². The minimum Gasteiger partial charge on any atom is -0.393 e. The molecule has 4 fully saturated rings. The predicted molar refractivity (Wildman–Crippen MR) is 84.4 cm³/mol. The van der Waals surface area contributed by atoms with Crippen LogP contribution in [0.2, 0.25) is 0 Å². The first-order chi connectivity index (χ1) is 10.8. The first-order valence-electron chi connectivity index (χ1n) is 9.31. The minimum absolute atomic E-state index is 0.0796. The normalized spacial score (nSPS) is 59.2. The number of hydrogen-bond donors (Lipinski definition) is 2. The summed E-state index contributed by atoms with van der Waals surface area (Å²) in [6.45, 7) is 4.13. The van der Waals surface area contributed by atoms with Crippen molar-refractivity contribution in [2.24, 2.45) is 34.5 Å². The van der Waals surface area contributed by atoms with E-state index in [1.54, 1.807) is 0 Å². The molecule has 4 saturated carbocycles. The molecule has 0 spiro atoms. The number of rotatable bonds is 0. The Labute approximate surface area is 137 Å². The van der Waals surface area contributed by atoms with Crippen LogP contribution in [0.3, 0.4) is 0 Å². The van der Waals surface area contributed by atoms with Crippen molar-refractivity contribution in [2.45, 2.75) is 77.2 Å². The smallest absolute Gasteiger partial charge is 0.139 e. The molecule has 0 radical (unpaired) electrons. The van der Waals surface area contributed by atoms with Gasteiger partial charge in [-0.05, 0) is 67.6 Å². The van der Waals surface area contributed by atoms with E-state index in [2.05, 4.69) is 6.92 Å². The van der Waals surface area contributed by atoms with E-state index in [4.69, 9.17) is 0 Å². The van der Waals surface area contributed by atoms with Crippen LogP contribution in [0.15, 0.2) is 0 Å². The van der Waals surface area contributed by atoms with Crippen molar-refractivity contribution in [3.8, 4) is 0 Å². The summed E-state index contributed by atoms with van der Waals surface area (Å²) in [4.78, 5) is 12.4. The zero-order chi connectivity index (χ0) is 16.6. The van der Waals surface area contributed by atoms with Crippen molar-refractivity contribution in [3.05, 3.63) is 0 Å². The molecule has 130 valence electrons. The van der Waals surface area contributed by atoms with E-state index in [0.717, 1.165) is 12.8 Å². The van der Waals surface area contributed by atoms with E-state index in [9.17, 15) is 15.0 Å². The van der Waals surface area contributed by atoms with Crippen molar-refractivity contribution >= 4 is 5.78 Å². The lowest BCUT2D eigenvalue weighted by molar-refractivity contribution is -0.192. The zero-order valence-corrected chi connectivity index (χ0v) is 14.2. The van der Waals surface area contributed by atoms with E-state index in [1.807, 2.05) is 6.92 Å². The van der Waals surface area contributed by atoms with Gasteiger partial charge < -0.3 is 10.2 Å².